The summed E-state index contributed by atoms with van der Waals surface area (Å²) in [7, 11) is 0. The van der Waals surface area contributed by atoms with E-state index in [0.717, 1.165) is 11.8 Å². The van der Waals surface area contributed by atoms with Gasteiger partial charge < -0.3 is 0 Å². The molecule has 0 N–H and O–H groups in total. The van der Waals surface area contributed by atoms with Crippen molar-refractivity contribution in [3.8, 4) is 0 Å². The molecule has 1 fully saturated rings. The second-order valence-electron chi connectivity index (χ2n) is 7.06. The maximum atomic E-state index is 2.40. The van der Waals surface area contributed by atoms with E-state index < -0.39 is 0 Å². The van der Waals surface area contributed by atoms with Gasteiger partial charge in [-0.1, -0.05) is 76.6 Å². The van der Waals surface area contributed by atoms with Gasteiger partial charge in [-0.15, -0.1) is 0 Å². The summed E-state index contributed by atoms with van der Waals surface area (Å²) >= 11 is 0. The van der Waals surface area contributed by atoms with E-state index in [1.807, 2.05) is 0 Å². The zero-order valence-corrected chi connectivity index (χ0v) is 14.2. The van der Waals surface area contributed by atoms with Gasteiger partial charge in [-0.05, 0) is 55.1 Å². The van der Waals surface area contributed by atoms with Crippen LogP contribution in [0.2, 0.25) is 0 Å². The summed E-state index contributed by atoms with van der Waals surface area (Å²) in [5, 5.41) is 0. The SMILES string of the molecule is CCCCCCC1CCC(c2ccc(CCC)cc2)CC1. The zero-order chi connectivity index (χ0) is 14.9. The average molecular weight is 287 g/mol. The van der Waals surface area contributed by atoms with E-state index in [1.165, 1.54) is 76.2 Å². The fourth-order valence-corrected chi connectivity index (χ4v) is 3.89. The van der Waals surface area contributed by atoms with Crippen molar-refractivity contribution in [1.29, 1.82) is 0 Å². The summed E-state index contributed by atoms with van der Waals surface area (Å²) in [6, 6.07) is 9.51. The molecule has 0 nitrogen and oxygen atoms in total. The predicted molar refractivity (Wildman–Crippen MR) is 93.9 cm³/mol. The van der Waals surface area contributed by atoms with Crippen LogP contribution in [-0.4, -0.2) is 0 Å². The first-order chi connectivity index (χ1) is 10.3. The number of hydrogen-bond acceptors (Lipinski definition) is 0. The Labute approximate surface area is 132 Å². The van der Waals surface area contributed by atoms with Crippen LogP contribution < -0.4 is 0 Å². The molecule has 1 aromatic carbocycles. The molecule has 1 aliphatic rings. The van der Waals surface area contributed by atoms with Crippen molar-refractivity contribution < 1.29 is 0 Å². The van der Waals surface area contributed by atoms with Gasteiger partial charge in [0, 0.05) is 0 Å². The van der Waals surface area contributed by atoms with Crippen LogP contribution >= 0.6 is 0 Å². The molecule has 0 spiro atoms. The van der Waals surface area contributed by atoms with E-state index in [4.69, 9.17) is 0 Å². The normalized spacial score (nSPS) is 22.4. The van der Waals surface area contributed by atoms with Gasteiger partial charge in [-0.2, -0.15) is 0 Å². The Morgan fingerprint density at radius 2 is 1.52 bits per heavy atom. The third-order valence-electron chi connectivity index (χ3n) is 5.30. The maximum absolute atomic E-state index is 2.40. The van der Waals surface area contributed by atoms with E-state index in [0.29, 0.717) is 0 Å². The molecule has 0 unspecified atom stereocenters. The molecule has 2 rings (SSSR count). The minimum absolute atomic E-state index is 0.840. The molecular formula is C21H34. The first-order valence-corrected chi connectivity index (χ1v) is 9.42. The van der Waals surface area contributed by atoms with Crippen LogP contribution in [0, 0.1) is 5.92 Å². The van der Waals surface area contributed by atoms with Gasteiger partial charge in [0.25, 0.3) is 0 Å². The molecule has 0 radical (unpaired) electrons. The number of hydrogen-bond donors (Lipinski definition) is 0. The minimum Gasteiger partial charge on any atom is -0.0654 e. The second-order valence-corrected chi connectivity index (χ2v) is 7.06. The molecule has 0 amide bonds. The molecule has 0 aliphatic heterocycles. The standard InChI is InChI=1S/C21H34/c1-3-5-6-7-9-19-12-16-21(17-13-19)20-14-10-18(8-4-2)11-15-20/h10-11,14-15,19,21H,3-9,12-13,16-17H2,1-2H3. The highest BCUT2D eigenvalue weighted by Crippen LogP contribution is 2.37. The second kappa shape index (κ2) is 9.28. The average Bonchev–Trinajstić information content (AvgIpc) is 2.53. The molecule has 0 bridgehead atoms. The molecule has 1 saturated carbocycles. The van der Waals surface area contributed by atoms with Crippen molar-refractivity contribution in [2.75, 3.05) is 0 Å². The summed E-state index contributed by atoms with van der Waals surface area (Å²) in [5.41, 5.74) is 3.10. The Hall–Kier alpha value is -0.780. The van der Waals surface area contributed by atoms with Crippen LogP contribution in [0.5, 0.6) is 0 Å². The Morgan fingerprint density at radius 1 is 0.810 bits per heavy atom. The number of aryl methyl sites for hydroxylation is 1. The van der Waals surface area contributed by atoms with E-state index >= 15 is 0 Å². The van der Waals surface area contributed by atoms with Gasteiger partial charge in [0.05, 0.1) is 0 Å². The van der Waals surface area contributed by atoms with E-state index in [2.05, 4.69) is 38.1 Å². The predicted octanol–water partition coefficient (Wildman–Crippen LogP) is 6.88. The lowest BCUT2D eigenvalue weighted by Gasteiger charge is -2.29. The summed E-state index contributed by atoms with van der Waals surface area (Å²) in [6.45, 7) is 4.56. The van der Waals surface area contributed by atoms with Crippen molar-refractivity contribution in [3.63, 3.8) is 0 Å². The first-order valence-electron chi connectivity index (χ1n) is 9.42. The molecule has 0 heterocycles. The molecule has 0 saturated heterocycles. The molecule has 0 heteroatoms. The fraction of sp³-hybridized carbons (Fsp3) is 0.714. The van der Waals surface area contributed by atoms with Crippen molar-refractivity contribution in [2.24, 2.45) is 5.92 Å². The van der Waals surface area contributed by atoms with Gasteiger partial charge in [0.15, 0.2) is 0 Å². The highest BCUT2D eigenvalue weighted by atomic mass is 14.3. The smallest absolute Gasteiger partial charge is 0.0162 e. The molecular weight excluding hydrogens is 252 g/mol. The number of rotatable bonds is 8. The van der Waals surface area contributed by atoms with Crippen molar-refractivity contribution in [3.05, 3.63) is 35.4 Å². The summed E-state index contributed by atoms with van der Waals surface area (Å²) in [6.07, 6.45) is 15.5. The Morgan fingerprint density at radius 3 is 2.14 bits per heavy atom. The zero-order valence-electron chi connectivity index (χ0n) is 14.2. The number of unbranched alkanes of at least 4 members (excludes halogenated alkanes) is 3. The lowest BCUT2D eigenvalue weighted by atomic mass is 9.77. The van der Waals surface area contributed by atoms with Gasteiger partial charge >= 0.3 is 0 Å². The molecule has 0 atom stereocenters. The fourth-order valence-electron chi connectivity index (χ4n) is 3.89. The van der Waals surface area contributed by atoms with Crippen LogP contribution in [0.25, 0.3) is 0 Å². The summed E-state index contributed by atoms with van der Waals surface area (Å²) < 4.78 is 0. The van der Waals surface area contributed by atoms with E-state index in [1.54, 1.807) is 5.56 Å². The summed E-state index contributed by atoms with van der Waals surface area (Å²) in [4.78, 5) is 0. The van der Waals surface area contributed by atoms with Gasteiger partial charge in [0.1, 0.15) is 0 Å². The van der Waals surface area contributed by atoms with Gasteiger partial charge in [-0.3, -0.25) is 0 Å². The third-order valence-corrected chi connectivity index (χ3v) is 5.30. The van der Waals surface area contributed by atoms with Gasteiger partial charge in [0.2, 0.25) is 0 Å². The highest BCUT2D eigenvalue weighted by molar-refractivity contribution is 5.25. The molecule has 0 aromatic heterocycles. The monoisotopic (exact) mass is 286 g/mol. The molecule has 1 aromatic rings. The maximum Gasteiger partial charge on any atom is -0.0162 e. The van der Waals surface area contributed by atoms with Crippen LogP contribution in [-0.2, 0) is 6.42 Å². The minimum atomic E-state index is 0.840. The number of benzene rings is 1. The lowest BCUT2D eigenvalue weighted by Crippen LogP contribution is -2.13. The first kappa shape index (κ1) is 16.6. The third kappa shape index (κ3) is 5.49. The van der Waals surface area contributed by atoms with Crippen molar-refractivity contribution in [2.45, 2.75) is 90.4 Å². The van der Waals surface area contributed by atoms with Gasteiger partial charge in [-0.25, -0.2) is 0 Å². The largest absolute Gasteiger partial charge is 0.0654 e. The van der Waals surface area contributed by atoms with E-state index in [-0.39, 0.29) is 0 Å². The van der Waals surface area contributed by atoms with Crippen molar-refractivity contribution >= 4 is 0 Å². The topological polar surface area (TPSA) is 0 Å². The van der Waals surface area contributed by atoms with Crippen LogP contribution in [0.1, 0.15) is 95.1 Å². The van der Waals surface area contributed by atoms with Crippen LogP contribution in [0.4, 0.5) is 0 Å². The lowest BCUT2D eigenvalue weighted by molar-refractivity contribution is 0.302. The Kier molecular flexibility index (Phi) is 7.33. The summed E-state index contributed by atoms with van der Waals surface area (Å²) in [5.74, 6) is 1.87. The Bertz CT molecular complexity index is 368. The molecule has 21 heavy (non-hydrogen) atoms. The van der Waals surface area contributed by atoms with Crippen molar-refractivity contribution in [1.82, 2.24) is 0 Å². The Balaban J connectivity index is 1.73. The quantitative estimate of drug-likeness (QED) is 0.457. The van der Waals surface area contributed by atoms with E-state index in [9.17, 15) is 0 Å². The molecule has 1 aliphatic carbocycles. The highest BCUT2D eigenvalue weighted by Gasteiger charge is 2.21. The van der Waals surface area contributed by atoms with Crippen LogP contribution in [0.15, 0.2) is 24.3 Å². The molecule has 118 valence electrons. The van der Waals surface area contributed by atoms with Crippen LogP contribution in [0.3, 0.4) is 0 Å².